The average Bonchev–Trinajstić information content (AvgIpc) is 2.96. The molecule has 1 aromatic heterocycles. The predicted octanol–water partition coefficient (Wildman–Crippen LogP) is 2.30. The lowest BCUT2D eigenvalue weighted by atomic mass is 10.1. The highest BCUT2D eigenvalue weighted by Gasteiger charge is 2.15. The Morgan fingerprint density at radius 3 is 2.73 bits per heavy atom. The zero-order chi connectivity index (χ0) is 15.5. The second-order valence-electron chi connectivity index (χ2n) is 4.97. The van der Waals surface area contributed by atoms with Crippen molar-refractivity contribution in [1.82, 2.24) is 5.10 Å². The molecule has 0 radical (unpaired) electrons. The zero-order valence-corrected chi connectivity index (χ0v) is 12.5. The van der Waals surface area contributed by atoms with Gasteiger partial charge in [0.25, 0.3) is 0 Å². The maximum Gasteiger partial charge on any atom is 0.337 e. The Labute approximate surface area is 128 Å². The number of fused-ring (bicyclic) bond motifs is 1. The van der Waals surface area contributed by atoms with Crippen molar-refractivity contribution < 1.29 is 19.0 Å². The first-order valence-corrected chi connectivity index (χ1v) is 6.93. The Balaban J connectivity index is 1.92. The number of nitrogens with one attached hydrogen (secondary N) is 1. The van der Waals surface area contributed by atoms with Crippen LogP contribution in [0.1, 0.15) is 15.9 Å². The highest BCUT2D eigenvalue weighted by molar-refractivity contribution is 5.89. The molecule has 2 aromatic carbocycles. The number of carbonyl (C=O) groups excluding carboxylic acids is 1. The highest BCUT2D eigenvalue weighted by Crippen LogP contribution is 2.21. The van der Waals surface area contributed by atoms with Crippen LogP contribution in [0.15, 0.2) is 48.7 Å². The number of rotatable bonds is 4. The number of aromatic nitrogens is 2. The summed E-state index contributed by atoms with van der Waals surface area (Å²) in [6.07, 6.45) is 2.04. The molecule has 0 unspecified atom stereocenters. The lowest BCUT2D eigenvalue weighted by Gasteiger charge is -2.07. The zero-order valence-electron chi connectivity index (χ0n) is 12.5. The van der Waals surface area contributed by atoms with Crippen molar-refractivity contribution in [2.45, 2.75) is 6.54 Å². The third-order valence-corrected chi connectivity index (χ3v) is 3.57. The molecular formula is C17H17N2O3+. The molecule has 0 spiro atoms. The van der Waals surface area contributed by atoms with E-state index < -0.39 is 0 Å². The van der Waals surface area contributed by atoms with E-state index in [0.29, 0.717) is 17.9 Å². The van der Waals surface area contributed by atoms with Gasteiger partial charge in [-0.2, -0.15) is 5.10 Å². The van der Waals surface area contributed by atoms with Crippen LogP contribution < -0.4 is 9.42 Å². The molecule has 0 aliphatic heterocycles. The minimum absolute atomic E-state index is 0.372. The molecule has 0 fully saturated rings. The molecule has 5 heteroatoms. The van der Waals surface area contributed by atoms with Crippen LogP contribution >= 0.6 is 0 Å². The first-order valence-electron chi connectivity index (χ1n) is 6.93. The summed E-state index contributed by atoms with van der Waals surface area (Å²) < 4.78 is 12.1. The smallest absolute Gasteiger partial charge is 0.337 e. The van der Waals surface area contributed by atoms with Crippen molar-refractivity contribution in [3.05, 3.63) is 59.8 Å². The van der Waals surface area contributed by atoms with Gasteiger partial charge in [-0.3, -0.25) is 0 Å². The number of carbonyl (C=O) groups is 1. The van der Waals surface area contributed by atoms with Gasteiger partial charge in [0.15, 0.2) is 0 Å². The third-order valence-electron chi connectivity index (χ3n) is 3.57. The van der Waals surface area contributed by atoms with E-state index in [1.54, 1.807) is 19.2 Å². The minimum atomic E-state index is -0.372. The Kier molecular flexibility index (Phi) is 3.78. The second kappa shape index (κ2) is 5.89. The van der Waals surface area contributed by atoms with E-state index in [4.69, 9.17) is 9.47 Å². The number of aromatic amines is 1. The molecule has 0 aliphatic carbocycles. The van der Waals surface area contributed by atoms with Gasteiger partial charge in [-0.05, 0) is 30.3 Å². The lowest BCUT2D eigenvalue weighted by molar-refractivity contribution is -0.740. The number of benzene rings is 2. The molecule has 0 saturated carbocycles. The number of hydrogen-bond acceptors (Lipinski definition) is 3. The fourth-order valence-corrected chi connectivity index (χ4v) is 2.45. The van der Waals surface area contributed by atoms with Crippen LogP contribution in [0, 0.1) is 0 Å². The second-order valence-corrected chi connectivity index (χ2v) is 4.97. The Morgan fingerprint density at radius 1 is 1.18 bits per heavy atom. The van der Waals surface area contributed by atoms with Crippen LogP contribution in [0.3, 0.4) is 0 Å². The standard InChI is InChI=1S/C17H16N2O3/c1-21-16-9-12(17(20)22-2)7-8-14(16)11-19-10-13-5-3-4-6-15(13)18-19/h3-10H,11H2,1-2H3/p+1. The first kappa shape index (κ1) is 14.1. The fraction of sp³-hybridized carbons (Fsp3) is 0.176. The number of hydrogen-bond donors (Lipinski definition) is 1. The average molecular weight is 297 g/mol. The molecular weight excluding hydrogens is 280 g/mol. The molecule has 3 aromatic rings. The van der Waals surface area contributed by atoms with E-state index in [1.165, 1.54) is 7.11 Å². The summed E-state index contributed by atoms with van der Waals surface area (Å²) in [6.45, 7) is 0.624. The van der Waals surface area contributed by atoms with Gasteiger partial charge in [0, 0.05) is 0 Å². The summed E-state index contributed by atoms with van der Waals surface area (Å²) in [5.41, 5.74) is 2.53. The Bertz CT molecular complexity index is 791. The summed E-state index contributed by atoms with van der Waals surface area (Å²) in [7, 11) is 2.96. The van der Waals surface area contributed by atoms with Gasteiger partial charge in [-0.1, -0.05) is 12.1 Å². The monoisotopic (exact) mass is 297 g/mol. The molecule has 3 rings (SSSR count). The highest BCUT2D eigenvalue weighted by atomic mass is 16.5. The molecule has 1 N–H and O–H groups in total. The van der Waals surface area contributed by atoms with E-state index in [-0.39, 0.29) is 5.97 Å². The SMILES string of the molecule is COC(=O)c1ccc(C[n+]2cc3ccccc3[nH]2)c(OC)c1. The van der Waals surface area contributed by atoms with Gasteiger partial charge in [-0.25, -0.2) is 4.79 Å². The van der Waals surface area contributed by atoms with Crippen LogP contribution in [-0.2, 0) is 11.3 Å². The summed E-state index contributed by atoms with van der Waals surface area (Å²) >= 11 is 0. The van der Waals surface area contributed by atoms with Gasteiger partial charge in [0.05, 0.1) is 30.7 Å². The number of methoxy groups -OCH3 is 2. The van der Waals surface area contributed by atoms with Gasteiger partial charge in [-0.15, -0.1) is 4.68 Å². The van der Waals surface area contributed by atoms with Gasteiger partial charge in [0.1, 0.15) is 11.3 Å². The van der Waals surface area contributed by atoms with Crippen molar-refractivity contribution >= 4 is 16.9 Å². The van der Waals surface area contributed by atoms with Gasteiger partial charge >= 0.3 is 5.97 Å². The van der Waals surface area contributed by atoms with E-state index in [0.717, 1.165) is 16.5 Å². The molecule has 0 atom stereocenters. The van der Waals surface area contributed by atoms with Crippen molar-refractivity contribution in [2.75, 3.05) is 14.2 Å². The molecule has 22 heavy (non-hydrogen) atoms. The van der Waals surface area contributed by atoms with E-state index in [2.05, 4.69) is 11.2 Å². The number of H-pyrrole nitrogens is 1. The first-order chi connectivity index (χ1) is 10.7. The number of esters is 1. The maximum absolute atomic E-state index is 11.6. The summed E-state index contributed by atoms with van der Waals surface area (Å²) in [4.78, 5) is 11.6. The van der Waals surface area contributed by atoms with Crippen molar-refractivity contribution in [2.24, 2.45) is 0 Å². The number of ether oxygens (including phenoxy) is 2. The Morgan fingerprint density at radius 2 is 2.00 bits per heavy atom. The van der Waals surface area contributed by atoms with Crippen LogP contribution in [0.4, 0.5) is 0 Å². The topological polar surface area (TPSA) is 55.2 Å². The lowest BCUT2D eigenvalue weighted by Crippen LogP contribution is -2.35. The quantitative estimate of drug-likeness (QED) is 0.594. The van der Waals surface area contributed by atoms with E-state index >= 15 is 0 Å². The van der Waals surface area contributed by atoms with Crippen LogP contribution in [0.2, 0.25) is 0 Å². The van der Waals surface area contributed by atoms with Crippen molar-refractivity contribution in [3.63, 3.8) is 0 Å². The number of para-hydroxylation sites is 1. The Hall–Kier alpha value is -2.82. The summed E-state index contributed by atoms with van der Waals surface area (Å²) in [6, 6.07) is 13.4. The third kappa shape index (κ3) is 2.65. The molecule has 0 aliphatic rings. The summed E-state index contributed by atoms with van der Waals surface area (Å²) in [5.74, 6) is 0.289. The molecule has 5 nitrogen and oxygen atoms in total. The normalized spacial score (nSPS) is 10.6. The number of nitrogens with zero attached hydrogens (tertiary/aromatic N) is 1. The minimum Gasteiger partial charge on any atom is -0.496 e. The van der Waals surface area contributed by atoms with Crippen molar-refractivity contribution in [1.29, 1.82) is 0 Å². The molecule has 0 amide bonds. The maximum atomic E-state index is 11.6. The fourth-order valence-electron chi connectivity index (χ4n) is 2.45. The van der Waals surface area contributed by atoms with Crippen LogP contribution in [0.5, 0.6) is 5.75 Å². The molecule has 0 bridgehead atoms. The largest absolute Gasteiger partial charge is 0.496 e. The summed E-state index contributed by atoms with van der Waals surface area (Å²) in [5, 5.41) is 4.46. The molecule has 0 saturated heterocycles. The van der Waals surface area contributed by atoms with Crippen molar-refractivity contribution in [3.8, 4) is 5.75 Å². The predicted molar refractivity (Wildman–Crippen MR) is 81.9 cm³/mol. The molecule has 112 valence electrons. The van der Waals surface area contributed by atoms with Gasteiger partial charge < -0.3 is 9.47 Å². The molecule has 1 heterocycles. The van der Waals surface area contributed by atoms with Gasteiger partial charge in [0.2, 0.25) is 12.7 Å². The van der Waals surface area contributed by atoms with E-state index in [1.807, 2.05) is 35.1 Å². The van der Waals surface area contributed by atoms with E-state index in [9.17, 15) is 4.79 Å². The van der Waals surface area contributed by atoms with Crippen LogP contribution in [-0.4, -0.2) is 25.3 Å². The van der Waals surface area contributed by atoms with Crippen LogP contribution in [0.25, 0.3) is 10.9 Å².